The molecule has 0 amide bonds. The molecule has 2 nitrogen and oxygen atoms in total. The van der Waals surface area contributed by atoms with Crippen molar-refractivity contribution in [1.29, 1.82) is 0 Å². The van der Waals surface area contributed by atoms with Crippen LogP contribution in [0.2, 0.25) is 10.3 Å². The van der Waals surface area contributed by atoms with Crippen LogP contribution >= 0.6 is 23.2 Å². The lowest BCUT2D eigenvalue weighted by atomic mass is 10.0. The lowest BCUT2D eigenvalue weighted by molar-refractivity contribution is 0.929. The second-order valence-corrected chi connectivity index (χ2v) is 5.31. The highest BCUT2D eigenvalue weighted by Crippen LogP contribution is 2.28. The molecule has 0 atom stereocenters. The normalized spacial score (nSPS) is 10.7. The topological polar surface area (TPSA) is 25.8 Å². The molecule has 0 fully saturated rings. The molecule has 0 spiro atoms. The van der Waals surface area contributed by atoms with Gasteiger partial charge in [0.05, 0.1) is 11.4 Å². The summed E-state index contributed by atoms with van der Waals surface area (Å²) >= 11 is 12.2. The average molecular weight is 307 g/mol. The van der Waals surface area contributed by atoms with Crippen molar-refractivity contribution < 1.29 is 0 Å². The molecule has 4 heteroatoms. The number of rotatable bonds is 6. The van der Waals surface area contributed by atoms with Crippen LogP contribution in [0.3, 0.4) is 0 Å². The highest BCUT2D eigenvalue weighted by molar-refractivity contribution is 6.31. The van der Waals surface area contributed by atoms with Gasteiger partial charge in [0.15, 0.2) is 0 Å². The van der Waals surface area contributed by atoms with Gasteiger partial charge in [0, 0.05) is 5.39 Å². The van der Waals surface area contributed by atoms with E-state index >= 15 is 0 Å². The Morgan fingerprint density at radius 2 is 1.35 bits per heavy atom. The van der Waals surface area contributed by atoms with Crippen molar-refractivity contribution in [2.24, 2.45) is 0 Å². The molecule has 2 aromatic rings. The molecule has 0 aliphatic heterocycles. The molecule has 2 rings (SSSR count). The minimum absolute atomic E-state index is 0.480. The van der Waals surface area contributed by atoms with Gasteiger partial charge in [-0.25, -0.2) is 9.97 Å². The summed E-state index contributed by atoms with van der Waals surface area (Å²) in [6, 6.07) is 3.67. The molecule has 104 valence electrons. The minimum atomic E-state index is 0.480. The van der Waals surface area contributed by atoms with Crippen molar-refractivity contribution in [3.05, 3.63) is 59.1 Å². The van der Waals surface area contributed by atoms with Gasteiger partial charge >= 0.3 is 0 Å². The van der Waals surface area contributed by atoms with Gasteiger partial charge in [-0.15, -0.1) is 13.2 Å². The van der Waals surface area contributed by atoms with Crippen molar-refractivity contribution >= 4 is 34.0 Å². The third-order valence-corrected chi connectivity index (χ3v) is 3.46. The van der Waals surface area contributed by atoms with Crippen LogP contribution < -0.4 is 0 Å². The lowest BCUT2D eigenvalue weighted by Crippen LogP contribution is -1.99. The summed E-state index contributed by atoms with van der Waals surface area (Å²) < 4.78 is 0. The highest BCUT2D eigenvalue weighted by atomic mass is 35.5. The van der Waals surface area contributed by atoms with Crippen molar-refractivity contribution in [2.45, 2.75) is 25.7 Å². The summed E-state index contributed by atoms with van der Waals surface area (Å²) in [6.07, 6.45) is 7.05. The van der Waals surface area contributed by atoms with Crippen LogP contribution in [-0.2, 0) is 12.8 Å². The molecule has 0 saturated carbocycles. The molecule has 0 unspecified atom stereocenters. The standard InChI is InChI=1S/C16H16Cl2N2/c1-3-5-7-12-16-11(9-14(17)19-12)10-15(18)20-13(16)8-6-4-2/h3-4,9-10H,1-2,5-8H2. The fourth-order valence-corrected chi connectivity index (χ4v) is 2.66. The Balaban J connectivity index is 2.63. The SMILES string of the molecule is C=CCCc1nc(Cl)cc2cc(Cl)nc(CCC=C)c12. The van der Waals surface area contributed by atoms with Gasteiger partial charge in [0.1, 0.15) is 10.3 Å². The molecule has 0 aliphatic rings. The summed E-state index contributed by atoms with van der Waals surface area (Å²) in [5.74, 6) is 0. The zero-order valence-corrected chi connectivity index (χ0v) is 12.7. The summed E-state index contributed by atoms with van der Waals surface area (Å²) in [5, 5.41) is 3.01. The first-order valence-corrected chi connectivity index (χ1v) is 7.27. The first-order valence-electron chi connectivity index (χ1n) is 6.52. The van der Waals surface area contributed by atoms with E-state index in [4.69, 9.17) is 23.2 Å². The van der Waals surface area contributed by atoms with E-state index in [0.717, 1.165) is 47.8 Å². The first kappa shape index (κ1) is 15.0. The summed E-state index contributed by atoms with van der Waals surface area (Å²) in [4.78, 5) is 8.89. The van der Waals surface area contributed by atoms with E-state index < -0.39 is 0 Å². The van der Waals surface area contributed by atoms with Gasteiger partial charge in [-0.05, 0) is 43.2 Å². The smallest absolute Gasteiger partial charge is 0.129 e. The summed E-state index contributed by atoms with van der Waals surface area (Å²) in [7, 11) is 0. The largest absolute Gasteiger partial charge is 0.240 e. The highest BCUT2D eigenvalue weighted by Gasteiger charge is 2.12. The van der Waals surface area contributed by atoms with Crippen LogP contribution in [0, 0.1) is 0 Å². The third kappa shape index (κ3) is 3.38. The predicted octanol–water partition coefficient (Wildman–Crippen LogP) is 5.17. The monoisotopic (exact) mass is 306 g/mol. The first-order chi connectivity index (χ1) is 9.65. The third-order valence-electron chi connectivity index (χ3n) is 3.07. The predicted molar refractivity (Wildman–Crippen MR) is 86.6 cm³/mol. The van der Waals surface area contributed by atoms with E-state index in [1.54, 1.807) is 0 Å². The molecule has 20 heavy (non-hydrogen) atoms. The molecule has 0 radical (unpaired) electrons. The van der Waals surface area contributed by atoms with E-state index in [1.807, 2.05) is 24.3 Å². The molecular weight excluding hydrogens is 291 g/mol. The second kappa shape index (κ2) is 6.87. The molecular formula is C16H16Cl2N2. The number of allylic oxidation sites excluding steroid dienone is 2. The maximum atomic E-state index is 6.10. The Morgan fingerprint density at radius 1 is 0.900 bits per heavy atom. The van der Waals surface area contributed by atoms with E-state index in [2.05, 4.69) is 23.1 Å². The van der Waals surface area contributed by atoms with Crippen LogP contribution in [-0.4, -0.2) is 9.97 Å². The molecule has 0 bridgehead atoms. The lowest BCUT2D eigenvalue weighted by Gasteiger charge is -2.11. The average Bonchev–Trinajstić information content (AvgIpc) is 2.41. The van der Waals surface area contributed by atoms with Crippen molar-refractivity contribution in [3.63, 3.8) is 0 Å². The van der Waals surface area contributed by atoms with Gasteiger partial charge in [-0.2, -0.15) is 0 Å². The fraction of sp³-hybridized carbons (Fsp3) is 0.250. The Kier molecular flexibility index (Phi) is 5.16. The maximum Gasteiger partial charge on any atom is 0.129 e. The van der Waals surface area contributed by atoms with E-state index in [1.165, 1.54) is 0 Å². The quantitative estimate of drug-likeness (QED) is 0.543. The van der Waals surface area contributed by atoms with Crippen molar-refractivity contribution in [3.8, 4) is 0 Å². The number of halogens is 2. The molecule has 2 heterocycles. The number of hydrogen-bond acceptors (Lipinski definition) is 2. The second-order valence-electron chi connectivity index (χ2n) is 4.54. The van der Waals surface area contributed by atoms with Crippen LogP contribution in [0.4, 0.5) is 0 Å². The number of aryl methyl sites for hydroxylation is 2. The zero-order valence-electron chi connectivity index (χ0n) is 11.2. The van der Waals surface area contributed by atoms with Gasteiger partial charge in [-0.1, -0.05) is 35.4 Å². The van der Waals surface area contributed by atoms with Gasteiger partial charge in [-0.3, -0.25) is 0 Å². The zero-order chi connectivity index (χ0) is 14.5. The van der Waals surface area contributed by atoms with E-state index in [-0.39, 0.29) is 0 Å². The summed E-state index contributed by atoms with van der Waals surface area (Å²) in [5.41, 5.74) is 1.91. The number of aromatic nitrogens is 2. The number of pyridine rings is 2. The van der Waals surface area contributed by atoms with Crippen LogP contribution in [0.1, 0.15) is 24.2 Å². The number of hydrogen-bond donors (Lipinski definition) is 0. The molecule has 2 aromatic heterocycles. The Labute approximate surface area is 129 Å². The molecule has 0 aliphatic carbocycles. The van der Waals surface area contributed by atoms with Crippen molar-refractivity contribution in [2.75, 3.05) is 0 Å². The molecule has 0 aromatic carbocycles. The number of nitrogens with zero attached hydrogens (tertiary/aromatic N) is 2. The van der Waals surface area contributed by atoms with Gasteiger partial charge in [0.2, 0.25) is 0 Å². The molecule has 0 saturated heterocycles. The Bertz CT molecular complexity index is 598. The molecule has 0 N–H and O–H groups in total. The van der Waals surface area contributed by atoms with Gasteiger partial charge < -0.3 is 0 Å². The van der Waals surface area contributed by atoms with Gasteiger partial charge in [0.25, 0.3) is 0 Å². The van der Waals surface area contributed by atoms with Crippen LogP contribution in [0.15, 0.2) is 37.4 Å². The minimum Gasteiger partial charge on any atom is -0.240 e. The Hall–Kier alpha value is -1.38. The number of fused-ring (bicyclic) bond motifs is 1. The van der Waals surface area contributed by atoms with E-state index in [9.17, 15) is 0 Å². The van der Waals surface area contributed by atoms with Crippen LogP contribution in [0.5, 0.6) is 0 Å². The Morgan fingerprint density at radius 3 is 1.75 bits per heavy atom. The maximum absolute atomic E-state index is 6.10. The summed E-state index contributed by atoms with van der Waals surface area (Å²) in [6.45, 7) is 7.51. The van der Waals surface area contributed by atoms with Crippen LogP contribution in [0.25, 0.3) is 10.8 Å². The van der Waals surface area contributed by atoms with E-state index in [0.29, 0.717) is 10.3 Å². The fourth-order valence-electron chi connectivity index (χ4n) is 2.22. The van der Waals surface area contributed by atoms with Crippen molar-refractivity contribution in [1.82, 2.24) is 9.97 Å².